The van der Waals surface area contributed by atoms with Crippen molar-refractivity contribution < 1.29 is 21.6 Å². The minimum atomic E-state index is -3.72. The van der Waals surface area contributed by atoms with Crippen molar-refractivity contribution in [2.45, 2.75) is 55.6 Å². The van der Waals surface area contributed by atoms with Crippen LogP contribution >= 0.6 is 0 Å². The van der Waals surface area contributed by atoms with Crippen LogP contribution in [0.1, 0.15) is 53.2 Å². The quantitative estimate of drug-likeness (QED) is 0.405. The van der Waals surface area contributed by atoms with Gasteiger partial charge in [0.1, 0.15) is 17.5 Å². The van der Waals surface area contributed by atoms with Gasteiger partial charge in [-0.2, -0.15) is 0 Å². The van der Waals surface area contributed by atoms with Crippen LogP contribution in [0, 0.1) is 30.3 Å². The number of halogens is 3. The Morgan fingerprint density at radius 3 is 2.27 bits per heavy atom. The van der Waals surface area contributed by atoms with E-state index in [1.54, 1.807) is 30.3 Å². The van der Waals surface area contributed by atoms with E-state index < -0.39 is 32.5 Å². The summed E-state index contributed by atoms with van der Waals surface area (Å²) in [6.07, 6.45) is 3.57. The number of sulfone groups is 1. The van der Waals surface area contributed by atoms with Crippen LogP contribution in [-0.4, -0.2) is 8.42 Å². The molecule has 3 aromatic carbocycles. The zero-order valence-corrected chi connectivity index (χ0v) is 19.3. The van der Waals surface area contributed by atoms with Gasteiger partial charge in [0.2, 0.25) is 0 Å². The maximum Gasteiger partial charge on any atom is 0.185 e. The molecule has 4 rings (SSSR count). The van der Waals surface area contributed by atoms with Gasteiger partial charge < -0.3 is 0 Å². The Hall–Kier alpha value is -2.60. The molecule has 0 aliphatic heterocycles. The second-order valence-corrected chi connectivity index (χ2v) is 11.1. The first-order valence-electron chi connectivity index (χ1n) is 11.3. The molecule has 2 atom stereocenters. The second-order valence-electron chi connectivity index (χ2n) is 8.95. The van der Waals surface area contributed by atoms with Crippen LogP contribution in [0.5, 0.6) is 0 Å². The topological polar surface area (TPSA) is 34.1 Å². The molecule has 0 saturated heterocycles. The minimum Gasteiger partial charge on any atom is -0.223 e. The number of rotatable bonds is 5. The number of benzene rings is 3. The Labute approximate surface area is 193 Å². The first kappa shape index (κ1) is 23.6. The Kier molecular flexibility index (Phi) is 6.94. The van der Waals surface area contributed by atoms with Gasteiger partial charge in [0, 0.05) is 6.07 Å². The molecule has 3 aromatic rings. The molecule has 1 aliphatic rings. The molecule has 0 bridgehead atoms. The highest BCUT2D eigenvalue weighted by Crippen LogP contribution is 2.40. The van der Waals surface area contributed by atoms with E-state index in [2.05, 4.69) is 0 Å². The lowest BCUT2D eigenvalue weighted by atomic mass is 9.84. The fourth-order valence-corrected chi connectivity index (χ4v) is 6.57. The molecule has 0 heterocycles. The standard InChI is InChI=1S/C27H27F3O2S/c1-18-2-13-24(14-3-18)33(31,32)27-15-6-19(4-7-20-9-11-22(28)16-25(20)27)5-8-21-10-12-23(29)17-26(21)30/h2-3,9-14,16-17,19,27H,4-8,15H2,1H3. The van der Waals surface area contributed by atoms with E-state index in [1.807, 2.05) is 6.92 Å². The molecular formula is C27H27F3O2S. The number of aryl methyl sites for hydroxylation is 3. The molecule has 0 radical (unpaired) electrons. The highest BCUT2D eigenvalue weighted by Gasteiger charge is 2.33. The van der Waals surface area contributed by atoms with Crippen LogP contribution in [-0.2, 0) is 22.7 Å². The largest absolute Gasteiger partial charge is 0.223 e. The third kappa shape index (κ3) is 5.32. The maximum atomic E-state index is 14.1. The summed E-state index contributed by atoms with van der Waals surface area (Å²) < 4.78 is 68.6. The molecule has 2 nitrogen and oxygen atoms in total. The lowest BCUT2D eigenvalue weighted by Gasteiger charge is -2.27. The Balaban J connectivity index is 1.61. The van der Waals surface area contributed by atoms with Gasteiger partial charge in [0.15, 0.2) is 9.84 Å². The summed E-state index contributed by atoms with van der Waals surface area (Å²) >= 11 is 0. The van der Waals surface area contributed by atoms with Gasteiger partial charge >= 0.3 is 0 Å². The summed E-state index contributed by atoms with van der Waals surface area (Å²) in [6, 6.07) is 14.8. The summed E-state index contributed by atoms with van der Waals surface area (Å²) in [5, 5.41) is -0.837. The summed E-state index contributed by atoms with van der Waals surface area (Å²) in [6.45, 7) is 1.89. The first-order valence-corrected chi connectivity index (χ1v) is 12.8. The first-order chi connectivity index (χ1) is 15.7. The van der Waals surface area contributed by atoms with Crippen molar-refractivity contribution in [1.82, 2.24) is 0 Å². The average Bonchev–Trinajstić information content (AvgIpc) is 2.75. The summed E-state index contributed by atoms with van der Waals surface area (Å²) in [7, 11) is -3.72. The molecule has 0 fully saturated rings. The SMILES string of the molecule is Cc1ccc(S(=O)(=O)C2CCC(CCc3ccc(F)cc3F)CCc3ccc(F)cc32)cc1. The molecular weight excluding hydrogens is 445 g/mol. The monoisotopic (exact) mass is 472 g/mol. The molecule has 33 heavy (non-hydrogen) atoms. The molecule has 1 aliphatic carbocycles. The fraction of sp³-hybridized carbons (Fsp3) is 0.333. The van der Waals surface area contributed by atoms with E-state index in [9.17, 15) is 21.6 Å². The van der Waals surface area contributed by atoms with Crippen molar-refractivity contribution in [3.05, 3.63) is 100 Å². The third-order valence-corrected chi connectivity index (χ3v) is 8.84. The van der Waals surface area contributed by atoms with Crippen molar-refractivity contribution in [1.29, 1.82) is 0 Å². The third-order valence-electron chi connectivity index (χ3n) is 6.67. The normalized spacial score (nSPS) is 18.9. The smallest absolute Gasteiger partial charge is 0.185 e. The number of fused-ring (bicyclic) bond motifs is 1. The van der Waals surface area contributed by atoms with Crippen molar-refractivity contribution in [3.8, 4) is 0 Å². The summed E-state index contributed by atoms with van der Waals surface area (Å²) in [5.41, 5.74) is 2.81. The van der Waals surface area contributed by atoms with Crippen LogP contribution in [0.15, 0.2) is 65.6 Å². The predicted molar refractivity (Wildman–Crippen MR) is 123 cm³/mol. The van der Waals surface area contributed by atoms with E-state index in [4.69, 9.17) is 0 Å². The Morgan fingerprint density at radius 2 is 1.55 bits per heavy atom. The zero-order valence-electron chi connectivity index (χ0n) is 18.5. The van der Waals surface area contributed by atoms with E-state index in [0.717, 1.165) is 23.6 Å². The van der Waals surface area contributed by atoms with E-state index >= 15 is 0 Å². The van der Waals surface area contributed by atoms with E-state index in [-0.39, 0.29) is 10.8 Å². The molecule has 6 heteroatoms. The van der Waals surface area contributed by atoms with Gasteiger partial charge in [0.25, 0.3) is 0 Å². The van der Waals surface area contributed by atoms with E-state index in [1.165, 1.54) is 24.3 Å². The molecule has 2 unspecified atom stereocenters. The van der Waals surface area contributed by atoms with Gasteiger partial charge in [-0.25, -0.2) is 21.6 Å². The summed E-state index contributed by atoms with van der Waals surface area (Å²) in [4.78, 5) is 0.235. The highest BCUT2D eigenvalue weighted by atomic mass is 32.2. The van der Waals surface area contributed by atoms with Crippen LogP contribution in [0.3, 0.4) is 0 Å². The van der Waals surface area contributed by atoms with Gasteiger partial charge in [-0.3, -0.25) is 0 Å². The molecule has 0 saturated carbocycles. The molecule has 0 N–H and O–H groups in total. The van der Waals surface area contributed by atoms with Crippen molar-refractivity contribution in [2.24, 2.45) is 5.92 Å². The average molecular weight is 473 g/mol. The van der Waals surface area contributed by atoms with Crippen molar-refractivity contribution in [2.75, 3.05) is 0 Å². The Bertz CT molecular complexity index is 1240. The van der Waals surface area contributed by atoms with Crippen LogP contribution < -0.4 is 0 Å². The van der Waals surface area contributed by atoms with Gasteiger partial charge in [-0.15, -0.1) is 0 Å². The van der Waals surface area contributed by atoms with Crippen LogP contribution in [0.4, 0.5) is 13.2 Å². The van der Waals surface area contributed by atoms with Crippen LogP contribution in [0.2, 0.25) is 0 Å². The van der Waals surface area contributed by atoms with Gasteiger partial charge in [-0.1, -0.05) is 29.8 Å². The van der Waals surface area contributed by atoms with Crippen LogP contribution in [0.25, 0.3) is 0 Å². The molecule has 0 amide bonds. The summed E-state index contributed by atoms with van der Waals surface area (Å²) in [5.74, 6) is -1.41. The maximum absolute atomic E-state index is 14.1. The second kappa shape index (κ2) is 9.72. The lowest BCUT2D eigenvalue weighted by molar-refractivity contribution is 0.391. The van der Waals surface area contributed by atoms with Crippen molar-refractivity contribution in [3.63, 3.8) is 0 Å². The molecule has 0 aromatic heterocycles. The van der Waals surface area contributed by atoms with Gasteiger partial charge in [0.05, 0.1) is 10.1 Å². The van der Waals surface area contributed by atoms with Crippen molar-refractivity contribution >= 4 is 9.84 Å². The predicted octanol–water partition coefficient (Wildman–Crippen LogP) is 6.90. The fourth-order valence-electron chi connectivity index (χ4n) is 4.73. The minimum absolute atomic E-state index is 0.184. The Morgan fingerprint density at radius 1 is 0.848 bits per heavy atom. The number of hydrogen-bond acceptors (Lipinski definition) is 2. The molecule has 0 spiro atoms. The van der Waals surface area contributed by atoms with E-state index in [0.29, 0.717) is 43.2 Å². The lowest BCUT2D eigenvalue weighted by Crippen LogP contribution is -2.20. The van der Waals surface area contributed by atoms with Gasteiger partial charge in [-0.05, 0) is 98.4 Å². The number of hydrogen-bond donors (Lipinski definition) is 0. The highest BCUT2D eigenvalue weighted by molar-refractivity contribution is 7.91. The molecule has 174 valence electrons. The zero-order chi connectivity index (χ0) is 23.6.